The van der Waals surface area contributed by atoms with Crippen molar-refractivity contribution in [3.8, 4) is 5.75 Å². The molecule has 3 amide bonds. The second-order valence-corrected chi connectivity index (χ2v) is 7.61. The number of amides is 3. The lowest BCUT2D eigenvalue weighted by molar-refractivity contribution is -0.133. The molecule has 1 aromatic carbocycles. The lowest BCUT2D eigenvalue weighted by Crippen LogP contribution is -2.41. The lowest BCUT2D eigenvalue weighted by Gasteiger charge is -2.26. The predicted molar refractivity (Wildman–Crippen MR) is 107 cm³/mol. The van der Waals surface area contributed by atoms with Gasteiger partial charge in [-0.3, -0.25) is 14.4 Å². The minimum Gasteiger partial charge on any atom is -0.494 e. The fraction of sp³-hybridized carbons (Fsp3) is 0.474. The van der Waals surface area contributed by atoms with Crippen molar-refractivity contribution in [2.24, 2.45) is 4.99 Å². The summed E-state index contributed by atoms with van der Waals surface area (Å²) in [4.78, 5) is 42.3. The van der Waals surface area contributed by atoms with E-state index in [1.807, 2.05) is 6.92 Å². The molecule has 3 rings (SSSR count). The molecular weight excluding hydrogens is 382 g/mol. The van der Waals surface area contributed by atoms with Crippen molar-refractivity contribution in [2.75, 3.05) is 38.2 Å². The van der Waals surface area contributed by atoms with Gasteiger partial charge in [0.05, 0.1) is 31.3 Å². The van der Waals surface area contributed by atoms with Crippen LogP contribution >= 0.6 is 11.8 Å². The Morgan fingerprint density at radius 1 is 1.29 bits per heavy atom. The van der Waals surface area contributed by atoms with Gasteiger partial charge in [0.1, 0.15) is 11.0 Å². The topological polar surface area (TPSA) is 97.3 Å². The van der Waals surface area contributed by atoms with Crippen LogP contribution in [-0.2, 0) is 19.1 Å². The van der Waals surface area contributed by atoms with Crippen LogP contribution in [0.2, 0.25) is 0 Å². The zero-order valence-corrected chi connectivity index (χ0v) is 16.5. The van der Waals surface area contributed by atoms with Gasteiger partial charge in [-0.05, 0) is 31.2 Å². The first kappa shape index (κ1) is 20.3. The van der Waals surface area contributed by atoms with Crippen LogP contribution in [0.1, 0.15) is 19.8 Å². The molecule has 2 heterocycles. The van der Waals surface area contributed by atoms with Crippen molar-refractivity contribution in [3.05, 3.63) is 24.3 Å². The summed E-state index contributed by atoms with van der Waals surface area (Å²) >= 11 is 1.20. The molecule has 0 radical (unpaired) electrons. The Balaban J connectivity index is 1.46. The second kappa shape index (κ2) is 9.70. The average Bonchev–Trinajstić information content (AvgIpc) is 3.03. The maximum Gasteiger partial charge on any atom is 0.260 e. The fourth-order valence-electron chi connectivity index (χ4n) is 2.88. The highest BCUT2D eigenvalue weighted by molar-refractivity contribution is 8.15. The molecule has 1 saturated heterocycles. The number of rotatable bonds is 7. The number of hydrogen-bond acceptors (Lipinski definition) is 6. The van der Waals surface area contributed by atoms with Gasteiger partial charge in [-0.2, -0.15) is 0 Å². The molecule has 9 heteroatoms. The van der Waals surface area contributed by atoms with Crippen LogP contribution in [0.3, 0.4) is 0 Å². The molecule has 28 heavy (non-hydrogen) atoms. The standard InChI is InChI=1S/C19H23N3O5S/c1-2-27-14-5-3-13(4-6-14)20-16(23)11-15-19(25)21-17(28-15)12-18(24)22-7-9-26-10-8-22/h3-6,15H,2,7-12H2,1H3,(H,20,23)/t15-/m0/s1. The second-order valence-electron chi connectivity index (χ2n) is 6.33. The molecule has 0 spiro atoms. The third kappa shape index (κ3) is 5.56. The Morgan fingerprint density at radius 3 is 2.68 bits per heavy atom. The summed E-state index contributed by atoms with van der Waals surface area (Å²) in [5, 5.41) is 2.65. The van der Waals surface area contributed by atoms with Crippen molar-refractivity contribution in [2.45, 2.75) is 25.0 Å². The molecule has 8 nitrogen and oxygen atoms in total. The number of morpholine rings is 1. The molecule has 0 aromatic heterocycles. The van der Waals surface area contributed by atoms with E-state index in [4.69, 9.17) is 9.47 Å². The normalized spacial score (nSPS) is 19.3. The highest BCUT2D eigenvalue weighted by Crippen LogP contribution is 2.28. The van der Waals surface area contributed by atoms with E-state index in [0.29, 0.717) is 43.6 Å². The number of thioether (sulfide) groups is 1. The first-order valence-electron chi connectivity index (χ1n) is 9.21. The lowest BCUT2D eigenvalue weighted by atomic mass is 10.2. The first-order chi connectivity index (χ1) is 13.5. The van der Waals surface area contributed by atoms with Crippen LogP contribution in [0.15, 0.2) is 29.3 Å². The van der Waals surface area contributed by atoms with Crippen molar-refractivity contribution < 1.29 is 23.9 Å². The molecule has 0 unspecified atom stereocenters. The number of carbonyl (C=O) groups is 3. The van der Waals surface area contributed by atoms with E-state index in [1.54, 1.807) is 29.2 Å². The molecule has 0 aliphatic carbocycles. The number of aliphatic imine (C=N–C) groups is 1. The maximum absolute atomic E-state index is 12.3. The molecule has 1 aromatic rings. The zero-order chi connectivity index (χ0) is 19.9. The van der Waals surface area contributed by atoms with E-state index < -0.39 is 5.25 Å². The molecular formula is C19H23N3O5S. The van der Waals surface area contributed by atoms with Gasteiger partial charge in [-0.25, -0.2) is 4.99 Å². The van der Waals surface area contributed by atoms with Crippen molar-refractivity contribution in [3.63, 3.8) is 0 Å². The summed E-state index contributed by atoms with van der Waals surface area (Å²) < 4.78 is 10.6. The number of benzene rings is 1. The maximum atomic E-state index is 12.3. The Labute approximate surface area is 167 Å². The number of anilines is 1. The molecule has 1 fully saturated rings. The number of hydrogen-bond donors (Lipinski definition) is 1. The highest BCUT2D eigenvalue weighted by atomic mass is 32.2. The Kier molecular flexibility index (Phi) is 7.05. The average molecular weight is 405 g/mol. The van der Waals surface area contributed by atoms with E-state index in [9.17, 15) is 14.4 Å². The van der Waals surface area contributed by atoms with Crippen LogP contribution in [0.25, 0.3) is 0 Å². The Bertz CT molecular complexity index is 759. The van der Waals surface area contributed by atoms with Crippen LogP contribution in [-0.4, -0.2) is 65.8 Å². The predicted octanol–water partition coefficient (Wildman–Crippen LogP) is 1.70. The zero-order valence-electron chi connectivity index (χ0n) is 15.7. The van der Waals surface area contributed by atoms with Gasteiger partial charge in [-0.1, -0.05) is 11.8 Å². The van der Waals surface area contributed by atoms with Gasteiger partial charge in [0.2, 0.25) is 11.8 Å². The molecule has 2 aliphatic heterocycles. The van der Waals surface area contributed by atoms with Crippen LogP contribution in [0, 0.1) is 0 Å². The fourth-order valence-corrected chi connectivity index (χ4v) is 3.95. The van der Waals surface area contributed by atoms with E-state index in [0.717, 1.165) is 5.75 Å². The largest absolute Gasteiger partial charge is 0.494 e. The van der Waals surface area contributed by atoms with Crippen molar-refractivity contribution >= 4 is 40.2 Å². The molecule has 0 saturated carbocycles. The number of ether oxygens (including phenoxy) is 2. The van der Waals surface area contributed by atoms with Gasteiger partial charge in [0.15, 0.2) is 0 Å². The molecule has 1 N–H and O–H groups in total. The van der Waals surface area contributed by atoms with Crippen LogP contribution < -0.4 is 10.1 Å². The van der Waals surface area contributed by atoms with Crippen molar-refractivity contribution in [1.82, 2.24) is 4.90 Å². The summed E-state index contributed by atoms with van der Waals surface area (Å²) in [5.74, 6) is 0.0226. The van der Waals surface area contributed by atoms with E-state index in [2.05, 4.69) is 10.3 Å². The minimum absolute atomic E-state index is 0.00938. The smallest absolute Gasteiger partial charge is 0.260 e. The third-order valence-corrected chi connectivity index (χ3v) is 5.44. The summed E-state index contributed by atoms with van der Waals surface area (Å²) in [6, 6.07) is 7.03. The number of carbonyl (C=O) groups excluding carboxylic acids is 3. The number of nitrogens with zero attached hydrogens (tertiary/aromatic N) is 2. The monoisotopic (exact) mass is 405 g/mol. The Hall–Kier alpha value is -2.39. The van der Waals surface area contributed by atoms with Gasteiger partial charge in [0.25, 0.3) is 5.91 Å². The van der Waals surface area contributed by atoms with Crippen molar-refractivity contribution in [1.29, 1.82) is 0 Å². The molecule has 2 aliphatic rings. The summed E-state index contributed by atoms with van der Waals surface area (Å²) in [6.45, 7) is 4.63. The van der Waals surface area contributed by atoms with Crippen LogP contribution in [0.5, 0.6) is 5.75 Å². The summed E-state index contributed by atoms with van der Waals surface area (Å²) in [7, 11) is 0. The highest BCUT2D eigenvalue weighted by Gasteiger charge is 2.32. The molecule has 150 valence electrons. The Morgan fingerprint density at radius 2 is 2.00 bits per heavy atom. The van der Waals surface area contributed by atoms with Gasteiger partial charge in [0, 0.05) is 25.2 Å². The molecule has 1 atom stereocenters. The minimum atomic E-state index is -0.588. The van der Waals surface area contributed by atoms with Gasteiger partial charge in [-0.15, -0.1) is 0 Å². The molecule has 0 bridgehead atoms. The SMILES string of the molecule is CCOc1ccc(NC(=O)C[C@@H]2SC(CC(=O)N3CCOCC3)=NC2=O)cc1. The van der Waals surface area contributed by atoms with Gasteiger partial charge >= 0.3 is 0 Å². The number of nitrogens with one attached hydrogen (secondary N) is 1. The van der Waals surface area contributed by atoms with E-state index >= 15 is 0 Å². The van der Waals surface area contributed by atoms with E-state index in [-0.39, 0.29) is 30.6 Å². The van der Waals surface area contributed by atoms with Gasteiger partial charge < -0.3 is 19.7 Å². The summed E-state index contributed by atoms with van der Waals surface area (Å²) in [6.07, 6.45) is 0.100. The van der Waals surface area contributed by atoms with Crippen LogP contribution in [0.4, 0.5) is 5.69 Å². The quantitative estimate of drug-likeness (QED) is 0.742. The first-order valence-corrected chi connectivity index (χ1v) is 10.1. The summed E-state index contributed by atoms with van der Waals surface area (Å²) in [5.41, 5.74) is 0.632. The van der Waals surface area contributed by atoms with E-state index in [1.165, 1.54) is 11.8 Å². The third-order valence-electron chi connectivity index (χ3n) is 4.27.